The molecule has 1 aliphatic rings. The standard InChI is InChI=1S/C15H12F3NO4S.C14H7ClF3NO5.C5H12NO4P/c1-24(21,22)12-6-9(15(16,17)18)4-5-10(12)13(20)11-7-19-23-14(11)8-2-3-8;15-10-5-7(14(16,17)18)1-4-12(10)24-8-2-3-11(19(22)23)9(6-8)13(20)21;1-11(9,10)3-2-4(6)5(7)8/h4-8H,2-3H2,1H3;1-6H,(H,20,21);4H,2-3,6H2,1H3,(H,7,8)(H,9,10). The third-order valence-electron chi connectivity index (χ3n) is 7.80. The van der Waals surface area contributed by atoms with Crippen molar-refractivity contribution >= 4 is 52.2 Å². The highest BCUT2D eigenvalue weighted by molar-refractivity contribution is 7.90. The smallest absolute Gasteiger partial charge is 0.416 e. The number of aromatic nitrogens is 1. The fourth-order valence-electron chi connectivity index (χ4n) is 4.70. The third-order valence-corrected chi connectivity index (χ3v) is 10.3. The summed E-state index contributed by atoms with van der Waals surface area (Å²) in [5.41, 5.74) is 1.47. The number of aliphatic carboxylic acids is 1. The molecule has 0 amide bonds. The Hall–Kier alpha value is -5.35. The number of carboxylic acids is 2. The highest BCUT2D eigenvalue weighted by Crippen LogP contribution is 2.43. The maximum atomic E-state index is 12.8. The van der Waals surface area contributed by atoms with Crippen molar-refractivity contribution < 1.29 is 83.0 Å². The predicted molar refractivity (Wildman–Crippen MR) is 194 cm³/mol. The molecule has 1 heterocycles. The normalized spacial score (nSPS) is 14.4. The van der Waals surface area contributed by atoms with Gasteiger partial charge >= 0.3 is 24.3 Å². The van der Waals surface area contributed by atoms with Crippen LogP contribution < -0.4 is 10.5 Å². The Bertz CT molecular complexity index is 2400. The topological polar surface area (TPSA) is 268 Å². The van der Waals surface area contributed by atoms with Crippen LogP contribution >= 0.6 is 19.0 Å². The van der Waals surface area contributed by atoms with Gasteiger partial charge in [-0.25, -0.2) is 13.2 Å². The summed E-state index contributed by atoms with van der Waals surface area (Å²) in [6.45, 7) is 1.18. The summed E-state index contributed by atoms with van der Waals surface area (Å²) >= 11 is 5.72. The minimum atomic E-state index is -4.71. The summed E-state index contributed by atoms with van der Waals surface area (Å²) in [7, 11) is -7.14. The summed E-state index contributed by atoms with van der Waals surface area (Å²) < 4.78 is 121. The minimum absolute atomic E-state index is 0.0412. The van der Waals surface area contributed by atoms with Gasteiger partial charge in [0.2, 0.25) is 0 Å². The summed E-state index contributed by atoms with van der Waals surface area (Å²) in [4.78, 5) is 51.8. The molecular formula is C34H31ClF6N3O13PS. The molecule has 2 atom stereocenters. The molecule has 1 fully saturated rings. The summed E-state index contributed by atoms with van der Waals surface area (Å²) in [6, 6.07) is 6.28. The van der Waals surface area contributed by atoms with Crippen molar-refractivity contribution in [1.82, 2.24) is 5.16 Å². The predicted octanol–water partition coefficient (Wildman–Crippen LogP) is 7.65. The second kappa shape index (κ2) is 18.7. The van der Waals surface area contributed by atoms with Crippen LogP contribution in [0.15, 0.2) is 70.2 Å². The van der Waals surface area contributed by atoms with E-state index in [-0.39, 0.29) is 46.1 Å². The summed E-state index contributed by atoms with van der Waals surface area (Å²) in [5, 5.41) is 31.2. The van der Waals surface area contributed by atoms with E-state index < -0.39 is 85.5 Å². The molecule has 0 bridgehead atoms. The number of nitro benzene ring substituents is 1. The molecule has 4 aromatic rings. The molecule has 59 heavy (non-hydrogen) atoms. The molecule has 1 saturated carbocycles. The second-order valence-corrected chi connectivity index (χ2v) is 17.6. The maximum Gasteiger partial charge on any atom is 0.416 e. The number of carboxylic acid groups (broad SMARTS) is 2. The van der Waals surface area contributed by atoms with E-state index >= 15 is 0 Å². The van der Waals surface area contributed by atoms with Gasteiger partial charge in [-0.1, -0.05) is 16.8 Å². The minimum Gasteiger partial charge on any atom is -0.480 e. The number of rotatable bonds is 12. The average Bonchev–Trinajstić information content (AvgIpc) is 3.85. The van der Waals surface area contributed by atoms with Crippen molar-refractivity contribution in [2.24, 2.45) is 5.73 Å². The van der Waals surface area contributed by atoms with Crippen molar-refractivity contribution in [3.63, 3.8) is 0 Å². The van der Waals surface area contributed by atoms with Gasteiger partial charge in [0.05, 0.1) is 37.7 Å². The lowest BCUT2D eigenvalue weighted by Crippen LogP contribution is -2.30. The molecule has 320 valence electrons. The van der Waals surface area contributed by atoms with Crippen LogP contribution in [-0.2, 0) is 31.5 Å². The van der Waals surface area contributed by atoms with Crippen LogP contribution in [0.5, 0.6) is 11.5 Å². The first-order chi connectivity index (χ1) is 27.0. The number of sulfone groups is 1. The number of nitro groups is 1. The van der Waals surface area contributed by atoms with Gasteiger partial charge in [0, 0.05) is 42.7 Å². The number of halogens is 7. The second-order valence-electron chi connectivity index (χ2n) is 12.7. The van der Waals surface area contributed by atoms with Gasteiger partial charge in [0.1, 0.15) is 23.1 Å². The molecule has 5 rings (SSSR count). The zero-order valence-corrected chi connectivity index (χ0v) is 32.6. The van der Waals surface area contributed by atoms with Crippen molar-refractivity contribution in [1.29, 1.82) is 0 Å². The molecule has 0 spiro atoms. The van der Waals surface area contributed by atoms with E-state index in [2.05, 4.69) is 5.16 Å². The molecule has 5 N–H and O–H groups in total. The SMILES string of the molecule is CP(=O)(O)CCC(N)C(=O)O.CS(=O)(=O)c1cc(C(F)(F)F)ccc1C(=O)c1cnoc1C1CC1.O=C(O)c1cc(Oc2ccc(C(F)(F)F)cc2Cl)ccc1[N+](=O)[O-]. The number of carbonyl (C=O) groups excluding carboxylic acids is 1. The van der Waals surface area contributed by atoms with Gasteiger partial charge in [-0.2, -0.15) is 26.3 Å². The number of ether oxygens (including phenoxy) is 1. The molecule has 1 aliphatic carbocycles. The lowest BCUT2D eigenvalue weighted by atomic mass is 10.0. The first kappa shape index (κ1) is 48.0. The fourth-order valence-corrected chi connectivity index (χ4v) is 6.57. The summed E-state index contributed by atoms with van der Waals surface area (Å²) in [5.74, 6) is -3.30. The van der Waals surface area contributed by atoms with Crippen LogP contribution in [0.3, 0.4) is 0 Å². The van der Waals surface area contributed by atoms with Crippen LogP contribution in [0.4, 0.5) is 32.0 Å². The van der Waals surface area contributed by atoms with Gasteiger partial charge in [-0.05, 0) is 61.7 Å². The molecule has 2 unspecified atom stereocenters. The van der Waals surface area contributed by atoms with E-state index in [0.29, 0.717) is 24.0 Å². The van der Waals surface area contributed by atoms with Crippen LogP contribution in [-0.4, -0.2) is 76.5 Å². The van der Waals surface area contributed by atoms with Crippen LogP contribution in [0.1, 0.15) is 68.3 Å². The van der Waals surface area contributed by atoms with E-state index in [1.54, 1.807) is 0 Å². The number of nitrogens with zero attached hydrogens (tertiary/aromatic N) is 2. The molecular weight excluding hydrogens is 871 g/mol. The van der Waals surface area contributed by atoms with Crippen molar-refractivity contribution in [3.05, 3.63) is 110 Å². The molecule has 0 radical (unpaired) electrons. The number of carbonyl (C=O) groups is 3. The van der Waals surface area contributed by atoms with Gasteiger partial charge < -0.3 is 30.1 Å². The van der Waals surface area contributed by atoms with Crippen molar-refractivity contribution in [2.45, 2.75) is 48.5 Å². The van der Waals surface area contributed by atoms with Gasteiger partial charge in [-0.3, -0.25) is 24.3 Å². The highest BCUT2D eigenvalue weighted by atomic mass is 35.5. The Labute approximate surface area is 334 Å². The Morgan fingerprint density at radius 1 is 1.00 bits per heavy atom. The van der Waals surface area contributed by atoms with Crippen LogP contribution in [0, 0.1) is 10.1 Å². The van der Waals surface area contributed by atoms with E-state index in [9.17, 15) is 63.8 Å². The number of benzene rings is 3. The van der Waals surface area contributed by atoms with Crippen molar-refractivity contribution in [3.8, 4) is 11.5 Å². The maximum absolute atomic E-state index is 12.8. The zero-order chi connectivity index (χ0) is 44.8. The van der Waals surface area contributed by atoms with E-state index in [4.69, 9.17) is 41.7 Å². The van der Waals surface area contributed by atoms with Crippen molar-refractivity contribution in [2.75, 3.05) is 19.1 Å². The first-order valence-electron chi connectivity index (χ1n) is 16.3. The van der Waals surface area contributed by atoms with E-state index in [0.717, 1.165) is 55.5 Å². The molecule has 3 aromatic carbocycles. The van der Waals surface area contributed by atoms with Gasteiger partial charge in [0.15, 0.2) is 28.7 Å². The highest BCUT2D eigenvalue weighted by Gasteiger charge is 2.36. The number of ketones is 1. The van der Waals surface area contributed by atoms with Crippen LogP contribution in [0.25, 0.3) is 0 Å². The number of aromatic carboxylic acids is 1. The molecule has 1 aromatic heterocycles. The Kier molecular flexibility index (Phi) is 15.2. The molecule has 25 heteroatoms. The number of nitrogens with two attached hydrogens (primary N) is 1. The number of hydrogen-bond acceptors (Lipinski definition) is 12. The molecule has 0 aliphatic heterocycles. The monoisotopic (exact) mass is 901 g/mol. The van der Waals surface area contributed by atoms with Gasteiger partial charge in [0.25, 0.3) is 5.69 Å². The quantitative estimate of drug-likeness (QED) is 0.0350. The van der Waals surface area contributed by atoms with E-state index in [1.807, 2.05) is 0 Å². The van der Waals surface area contributed by atoms with Gasteiger partial charge in [-0.15, -0.1) is 0 Å². The number of hydrogen-bond donors (Lipinski definition) is 4. The fraction of sp³-hybridized carbons (Fsp3) is 0.294. The average molecular weight is 902 g/mol. The molecule has 0 saturated heterocycles. The van der Waals surface area contributed by atoms with Crippen LogP contribution in [0.2, 0.25) is 5.02 Å². The van der Waals surface area contributed by atoms with E-state index in [1.165, 1.54) is 12.9 Å². The number of alkyl halides is 6. The Balaban J connectivity index is 0.000000254. The lowest BCUT2D eigenvalue weighted by molar-refractivity contribution is -0.385. The first-order valence-corrected chi connectivity index (χ1v) is 20.8. The zero-order valence-electron chi connectivity index (χ0n) is 30.2. The lowest BCUT2D eigenvalue weighted by Gasteiger charge is -2.11. The Morgan fingerprint density at radius 2 is 1.58 bits per heavy atom. The molecule has 16 nitrogen and oxygen atoms in total. The Morgan fingerprint density at radius 3 is 2.05 bits per heavy atom. The largest absolute Gasteiger partial charge is 0.480 e. The summed E-state index contributed by atoms with van der Waals surface area (Å²) in [6.07, 6.45) is -5.72. The third kappa shape index (κ3) is 13.9.